The lowest BCUT2D eigenvalue weighted by Crippen LogP contribution is -2.49. The number of aliphatic hydroxyl groups is 1. The van der Waals surface area contributed by atoms with Gasteiger partial charge >= 0.3 is 0 Å². The molecule has 1 saturated heterocycles. The Labute approximate surface area is 168 Å². The molecule has 3 aromatic rings. The molecule has 0 aromatic carbocycles. The second-order valence-electron chi connectivity index (χ2n) is 7.48. The standard InChI is InChI=1S/C20H22N6O3/c1-14-12-17(26-19(23-14)21-13-22-26)24-8-10-25(11-9-24)18(27)16-5-4-15(29-16)6-7-20(2,3)28/h4-5,12-13,28H,8-11H2,1-3H3. The summed E-state index contributed by atoms with van der Waals surface area (Å²) >= 11 is 0. The summed E-state index contributed by atoms with van der Waals surface area (Å²) in [7, 11) is 0. The van der Waals surface area contributed by atoms with Crippen LogP contribution < -0.4 is 4.90 Å². The number of carbonyl (C=O) groups excluding carboxylic acids is 1. The SMILES string of the molecule is Cc1cc(N2CCN(C(=O)c3ccc(C#CC(C)(C)O)o3)CC2)n2ncnc2n1. The Balaban J connectivity index is 1.44. The van der Waals surface area contributed by atoms with Gasteiger partial charge in [0.1, 0.15) is 17.7 Å². The summed E-state index contributed by atoms with van der Waals surface area (Å²) in [5.74, 6) is 7.33. The van der Waals surface area contributed by atoms with Gasteiger partial charge in [-0.25, -0.2) is 4.98 Å². The van der Waals surface area contributed by atoms with Gasteiger partial charge in [0.05, 0.1) is 0 Å². The maximum absolute atomic E-state index is 12.8. The first-order valence-electron chi connectivity index (χ1n) is 9.37. The fraction of sp³-hybridized carbons (Fsp3) is 0.400. The molecule has 0 radical (unpaired) electrons. The smallest absolute Gasteiger partial charge is 0.289 e. The van der Waals surface area contributed by atoms with E-state index in [-0.39, 0.29) is 11.7 Å². The third-order valence-electron chi connectivity index (χ3n) is 4.56. The number of fused-ring (bicyclic) bond motifs is 1. The minimum absolute atomic E-state index is 0.169. The molecular formula is C20H22N6O3. The molecule has 0 saturated carbocycles. The average Bonchev–Trinajstić information content (AvgIpc) is 3.34. The number of furan rings is 1. The number of carbonyl (C=O) groups is 1. The number of aromatic nitrogens is 4. The normalized spacial score (nSPS) is 14.8. The number of anilines is 1. The molecule has 150 valence electrons. The molecule has 1 amide bonds. The van der Waals surface area contributed by atoms with Crippen LogP contribution in [-0.4, -0.2) is 67.3 Å². The van der Waals surface area contributed by atoms with Crippen LogP contribution in [0.5, 0.6) is 0 Å². The molecule has 1 aliphatic heterocycles. The maximum Gasteiger partial charge on any atom is 0.289 e. The van der Waals surface area contributed by atoms with Gasteiger partial charge in [-0.15, -0.1) is 0 Å². The highest BCUT2D eigenvalue weighted by molar-refractivity contribution is 5.91. The zero-order valence-corrected chi connectivity index (χ0v) is 16.6. The van der Waals surface area contributed by atoms with Gasteiger partial charge in [-0.05, 0) is 38.8 Å². The van der Waals surface area contributed by atoms with Crippen LogP contribution in [-0.2, 0) is 0 Å². The summed E-state index contributed by atoms with van der Waals surface area (Å²) in [6.07, 6.45) is 1.49. The molecule has 29 heavy (non-hydrogen) atoms. The summed E-state index contributed by atoms with van der Waals surface area (Å²) in [6, 6.07) is 5.23. The summed E-state index contributed by atoms with van der Waals surface area (Å²) in [5.41, 5.74) is -0.247. The first kappa shape index (κ1) is 19.0. The summed E-state index contributed by atoms with van der Waals surface area (Å²) in [5, 5.41) is 13.9. The highest BCUT2D eigenvalue weighted by Gasteiger charge is 2.26. The van der Waals surface area contributed by atoms with Gasteiger partial charge in [-0.2, -0.15) is 14.6 Å². The topological polar surface area (TPSA) is 100 Å². The molecule has 1 aliphatic rings. The summed E-state index contributed by atoms with van der Waals surface area (Å²) in [6.45, 7) is 7.54. The van der Waals surface area contributed by atoms with E-state index in [9.17, 15) is 9.90 Å². The van der Waals surface area contributed by atoms with Gasteiger partial charge in [0, 0.05) is 37.9 Å². The summed E-state index contributed by atoms with van der Waals surface area (Å²) < 4.78 is 7.26. The molecule has 9 nitrogen and oxygen atoms in total. The third kappa shape index (κ3) is 4.07. The Morgan fingerprint density at radius 3 is 2.72 bits per heavy atom. The Morgan fingerprint density at radius 1 is 1.24 bits per heavy atom. The number of piperazine rings is 1. The lowest BCUT2D eigenvalue weighted by molar-refractivity contribution is 0.0713. The molecule has 0 spiro atoms. The predicted octanol–water partition coefficient (Wildman–Crippen LogP) is 1.11. The van der Waals surface area contributed by atoms with Crippen molar-refractivity contribution in [2.75, 3.05) is 31.1 Å². The van der Waals surface area contributed by atoms with Crippen LogP contribution in [0.2, 0.25) is 0 Å². The minimum Gasteiger partial charge on any atom is -0.443 e. The minimum atomic E-state index is -1.12. The van der Waals surface area contributed by atoms with Gasteiger partial charge in [0.15, 0.2) is 11.5 Å². The van der Waals surface area contributed by atoms with Crippen LogP contribution in [0.15, 0.2) is 28.9 Å². The van der Waals surface area contributed by atoms with Crippen molar-refractivity contribution in [3.8, 4) is 11.8 Å². The Hall–Kier alpha value is -3.38. The number of hydrogen-bond acceptors (Lipinski definition) is 7. The zero-order chi connectivity index (χ0) is 20.6. The molecule has 0 bridgehead atoms. The maximum atomic E-state index is 12.8. The highest BCUT2D eigenvalue weighted by atomic mass is 16.4. The molecule has 9 heteroatoms. The van der Waals surface area contributed by atoms with Crippen molar-refractivity contribution in [1.29, 1.82) is 0 Å². The third-order valence-corrected chi connectivity index (χ3v) is 4.56. The van der Waals surface area contributed by atoms with Crippen LogP contribution >= 0.6 is 0 Å². The van der Waals surface area contributed by atoms with E-state index in [1.165, 1.54) is 6.33 Å². The fourth-order valence-electron chi connectivity index (χ4n) is 3.17. The van der Waals surface area contributed by atoms with Crippen LogP contribution in [0, 0.1) is 18.8 Å². The molecular weight excluding hydrogens is 372 g/mol. The number of nitrogens with zero attached hydrogens (tertiary/aromatic N) is 6. The predicted molar refractivity (Wildman–Crippen MR) is 106 cm³/mol. The van der Waals surface area contributed by atoms with Crippen LogP contribution in [0.3, 0.4) is 0 Å². The number of amides is 1. The molecule has 1 fully saturated rings. The molecule has 4 heterocycles. The van der Waals surface area contributed by atoms with Crippen molar-refractivity contribution in [2.24, 2.45) is 0 Å². The van der Waals surface area contributed by atoms with Crippen LogP contribution in [0.25, 0.3) is 5.78 Å². The van der Waals surface area contributed by atoms with Gasteiger partial charge in [-0.1, -0.05) is 5.92 Å². The van der Waals surface area contributed by atoms with E-state index >= 15 is 0 Å². The molecule has 0 atom stereocenters. The van der Waals surface area contributed by atoms with E-state index in [2.05, 4.69) is 31.8 Å². The van der Waals surface area contributed by atoms with E-state index in [0.29, 0.717) is 37.7 Å². The van der Waals surface area contributed by atoms with Crippen molar-refractivity contribution in [3.05, 3.63) is 41.7 Å². The van der Waals surface area contributed by atoms with Crippen molar-refractivity contribution < 1.29 is 14.3 Å². The van der Waals surface area contributed by atoms with Gasteiger partial charge in [0.2, 0.25) is 0 Å². The largest absolute Gasteiger partial charge is 0.443 e. The molecule has 3 aromatic heterocycles. The van der Waals surface area contributed by atoms with E-state index in [1.54, 1.807) is 35.4 Å². The summed E-state index contributed by atoms with van der Waals surface area (Å²) in [4.78, 5) is 25.2. The van der Waals surface area contributed by atoms with Gasteiger partial charge < -0.3 is 19.3 Å². The van der Waals surface area contributed by atoms with Crippen molar-refractivity contribution >= 4 is 17.5 Å². The van der Waals surface area contributed by atoms with Crippen molar-refractivity contribution in [2.45, 2.75) is 26.4 Å². The van der Waals surface area contributed by atoms with Gasteiger partial charge in [0.25, 0.3) is 11.7 Å². The van der Waals surface area contributed by atoms with E-state index in [4.69, 9.17) is 4.42 Å². The van der Waals surface area contributed by atoms with Crippen molar-refractivity contribution in [1.82, 2.24) is 24.5 Å². The second-order valence-corrected chi connectivity index (χ2v) is 7.48. The van der Waals surface area contributed by atoms with Crippen LogP contribution in [0.4, 0.5) is 5.82 Å². The number of rotatable bonds is 2. The molecule has 0 aliphatic carbocycles. The monoisotopic (exact) mass is 394 g/mol. The number of hydrogen-bond donors (Lipinski definition) is 1. The Bertz CT molecular complexity index is 1110. The zero-order valence-electron chi connectivity index (χ0n) is 16.6. The quantitative estimate of drug-likeness (QED) is 0.650. The van der Waals surface area contributed by atoms with E-state index < -0.39 is 5.60 Å². The lowest BCUT2D eigenvalue weighted by Gasteiger charge is -2.35. The highest BCUT2D eigenvalue weighted by Crippen LogP contribution is 2.19. The fourth-order valence-corrected chi connectivity index (χ4v) is 3.17. The van der Waals surface area contributed by atoms with E-state index in [1.807, 2.05) is 13.0 Å². The lowest BCUT2D eigenvalue weighted by atomic mass is 10.1. The molecule has 0 unspecified atom stereocenters. The second kappa shape index (κ2) is 7.22. The van der Waals surface area contributed by atoms with Crippen LogP contribution in [0.1, 0.15) is 35.9 Å². The Kier molecular flexibility index (Phi) is 4.72. The molecule has 4 rings (SSSR count). The number of aryl methyl sites for hydroxylation is 1. The first-order chi connectivity index (χ1) is 13.8. The van der Waals surface area contributed by atoms with E-state index in [0.717, 1.165) is 11.5 Å². The Morgan fingerprint density at radius 2 is 2.00 bits per heavy atom. The molecule has 1 N–H and O–H groups in total. The first-order valence-corrected chi connectivity index (χ1v) is 9.37. The van der Waals surface area contributed by atoms with Crippen molar-refractivity contribution in [3.63, 3.8) is 0 Å². The average molecular weight is 394 g/mol. The van der Waals surface area contributed by atoms with Gasteiger partial charge in [-0.3, -0.25) is 4.79 Å².